The summed E-state index contributed by atoms with van der Waals surface area (Å²) in [7, 11) is -3.38. The van der Waals surface area contributed by atoms with Crippen LogP contribution in [0.15, 0.2) is 24.3 Å². The summed E-state index contributed by atoms with van der Waals surface area (Å²) in [5, 5.41) is 2.50. The molecule has 0 radical (unpaired) electrons. The zero-order valence-electron chi connectivity index (χ0n) is 12.8. The summed E-state index contributed by atoms with van der Waals surface area (Å²) in [6.07, 6.45) is -2.69. The molecule has 1 aromatic carbocycles. The van der Waals surface area contributed by atoms with Crippen molar-refractivity contribution in [1.82, 2.24) is 4.31 Å². The van der Waals surface area contributed by atoms with Gasteiger partial charge in [-0.25, -0.2) is 12.7 Å². The van der Waals surface area contributed by atoms with E-state index < -0.39 is 34.0 Å². The minimum atomic E-state index is -4.82. The third kappa shape index (κ3) is 5.38. The lowest BCUT2D eigenvalue weighted by atomic mass is 9.98. The molecule has 6 nitrogen and oxygen atoms in total. The topological polar surface area (TPSA) is 75.7 Å². The van der Waals surface area contributed by atoms with E-state index in [9.17, 15) is 26.4 Å². The molecule has 0 saturated carbocycles. The normalized spacial score (nSPS) is 19.8. The number of nitrogens with zero attached hydrogens (tertiary/aromatic N) is 1. The summed E-state index contributed by atoms with van der Waals surface area (Å²) < 4.78 is 64.8. The first-order valence-corrected chi connectivity index (χ1v) is 9.01. The van der Waals surface area contributed by atoms with Crippen LogP contribution in [-0.2, 0) is 14.8 Å². The van der Waals surface area contributed by atoms with Gasteiger partial charge >= 0.3 is 6.36 Å². The van der Waals surface area contributed by atoms with Gasteiger partial charge in [0.15, 0.2) is 0 Å². The maximum Gasteiger partial charge on any atom is 0.573 e. The molecule has 1 fully saturated rings. The molecule has 1 saturated heterocycles. The van der Waals surface area contributed by atoms with E-state index >= 15 is 0 Å². The molecule has 10 heteroatoms. The van der Waals surface area contributed by atoms with Crippen LogP contribution < -0.4 is 10.1 Å². The fraction of sp³-hybridized carbons (Fsp3) is 0.500. The molecule has 1 atom stereocenters. The number of carbonyl (C=O) groups is 1. The second-order valence-electron chi connectivity index (χ2n) is 5.53. The van der Waals surface area contributed by atoms with Crippen molar-refractivity contribution in [3.8, 4) is 5.75 Å². The third-order valence-corrected chi connectivity index (χ3v) is 4.83. The molecule has 1 heterocycles. The number of rotatable bonds is 4. The number of carbonyl (C=O) groups excluding carboxylic acids is 1. The average molecular weight is 366 g/mol. The Morgan fingerprint density at radius 3 is 2.71 bits per heavy atom. The zero-order valence-corrected chi connectivity index (χ0v) is 13.7. The lowest BCUT2D eigenvalue weighted by Crippen LogP contribution is -2.43. The van der Waals surface area contributed by atoms with E-state index in [1.54, 1.807) is 0 Å². The number of hydrogen-bond donors (Lipinski definition) is 1. The maximum atomic E-state index is 12.2. The highest BCUT2D eigenvalue weighted by molar-refractivity contribution is 7.88. The highest BCUT2D eigenvalue weighted by Crippen LogP contribution is 2.26. The van der Waals surface area contributed by atoms with Gasteiger partial charge in [0.05, 0.1) is 12.2 Å². The molecule has 0 spiro atoms. The SMILES string of the molecule is CS(=O)(=O)N1CCC[C@H](C(=O)Nc2cccc(OC(F)(F)F)c2)C1. The second kappa shape index (κ2) is 6.98. The summed E-state index contributed by atoms with van der Waals surface area (Å²) >= 11 is 0. The summed E-state index contributed by atoms with van der Waals surface area (Å²) in [5.41, 5.74) is 0.151. The van der Waals surface area contributed by atoms with Gasteiger partial charge < -0.3 is 10.1 Å². The van der Waals surface area contributed by atoms with Crippen LogP contribution in [0.1, 0.15) is 12.8 Å². The smallest absolute Gasteiger partial charge is 0.406 e. The van der Waals surface area contributed by atoms with Crippen molar-refractivity contribution in [2.24, 2.45) is 5.92 Å². The Bertz CT molecular complexity index is 706. The van der Waals surface area contributed by atoms with Gasteiger partial charge in [-0.05, 0) is 25.0 Å². The fourth-order valence-corrected chi connectivity index (χ4v) is 3.38. The fourth-order valence-electron chi connectivity index (χ4n) is 2.47. The monoisotopic (exact) mass is 366 g/mol. The largest absolute Gasteiger partial charge is 0.573 e. The maximum absolute atomic E-state index is 12.2. The van der Waals surface area contributed by atoms with Crippen LogP contribution in [-0.4, -0.2) is 44.3 Å². The molecule has 1 aliphatic rings. The Labute approximate surface area is 137 Å². The minimum Gasteiger partial charge on any atom is -0.406 e. The Morgan fingerprint density at radius 1 is 1.38 bits per heavy atom. The molecule has 134 valence electrons. The first-order valence-electron chi connectivity index (χ1n) is 7.16. The number of sulfonamides is 1. The summed E-state index contributed by atoms with van der Waals surface area (Å²) in [6.45, 7) is 0.418. The molecule has 0 bridgehead atoms. The van der Waals surface area contributed by atoms with Gasteiger partial charge in [-0.3, -0.25) is 4.79 Å². The predicted octanol–water partition coefficient (Wildman–Crippen LogP) is 2.20. The van der Waals surface area contributed by atoms with E-state index in [-0.39, 0.29) is 12.2 Å². The summed E-state index contributed by atoms with van der Waals surface area (Å²) in [6, 6.07) is 4.93. The van der Waals surface area contributed by atoms with Crippen LogP contribution in [0.3, 0.4) is 0 Å². The van der Waals surface area contributed by atoms with Gasteiger partial charge in [0.1, 0.15) is 5.75 Å². The molecule has 0 unspecified atom stereocenters. The number of nitrogens with one attached hydrogen (secondary N) is 1. The van der Waals surface area contributed by atoms with E-state index in [0.29, 0.717) is 19.4 Å². The molecule has 0 aromatic heterocycles. The Hall–Kier alpha value is -1.81. The van der Waals surface area contributed by atoms with Gasteiger partial charge in [-0.15, -0.1) is 13.2 Å². The standard InChI is InChI=1S/C14H17F3N2O4S/c1-24(21,22)19-7-3-4-10(9-19)13(20)18-11-5-2-6-12(8-11)23-14(15,16)17/h2,5-6,8,10H,3-4,7,9H2,1H3,(H,18,20)/t10-/m0/s1. The molecule has 1 N–H and O–H groups in total. The number of halogens is 3. The molecule has 0 aliphatic carbocycles. The molecule has 24 heavy (non-hydrogen) atoms. The van der Waals surface area contributed by atoms with Crippen molar-refractivity contribution >= 4 is 21.6 Å². The van der Waals surface area contributed by atoms with Crippen molar-refractivity contribution in [2.45, 2.75) is 19.2 Å². The summed E-state index contributed by atoms with van der Waals surface area (Å²) in [4.78, 5) is 12.2. The first-order chi connectivity index (χ1) is 11.0. The van der Waals surface area contributed by atoms with Crippen LogP contribution in [0.5, 0.6) is 5.75 Å². The minimum absolute atomic E-state index is 0.0589. The lowest BCUT2D eigenvalue weighted by Gasteiger charge is -2.30. The number of ether oxygens (including phenoxy) is 1. The number of hydrogen-bond acceptors (Lipinski definition) is 4. The van der Waals surface area contributed by atoms with Crippen LogP contribution in [0.25, 0.3) is 0 Å². The number of piperidine rings is 1. The van der Waals surface area contributed by atoms with Crippen molar-refractivity contribution in [2.75, 3.05) is 24.7 Å². The predicted molar refractivity (Wildman–Crippen MR) is 80.9 cm³/mol. The number of anilines is 1. The first kappa shape index (κ1) is 18.5. The van der Waals surface area contributed by atoms with Crippen LogP contribution in [0.2, 0.25) is 0 Å². The van der Waals surface area contributed by atoms with Crippen LogP contribution in [0.4, 0.5) is 18.9 Å². The Balaban J connectivity index is 2.03. The van der Waals surface area contributed by atoms with Gasteiger partial charge in [-0.2, -0.15) is 0 Å². The van der Waals surface area contributed by atoms with Crippen LogP contribution in [0, 0.1) is 5.92 Å². The highest BCUT2D eigenvalue weighted by atomic mass is 32.2. The van der Waals surface area contributed by atoms with Gasteiger partial charge in [0, 0.05) is 24.8 Å². The van der Waals surface area contributed by atoms with Crippen LogP contribution >= 0.6 is 0 Å². The molecular weight excluding hydrogens is 349 g/mol. The number of amides is 1. The zero-order chi connectivity index (χ0) is 18.0. The quantitative estimate of drug-likeness (QED) is 0.886. The van der Waals surface area contributed by atoms with Gasteiger partial charge in [0.2, 0.25) is 15.9 Å². The number of alkyl halides is 3. The van der Waals surface area contributed by atoms with Crippen molar-refractivity contribution in [1.29, 1.82) is 0 Å². The van der Waals surface area contributed by atoms with Gasteiger partial charge in [-0.1, -0.05) is 6.07 Å². The summed E-state index contributed by atoms with van der Waals surface area (Å²) in [5.74, 6) is -1.44. The third-order valence-electron chi connectivity index (χ3n) is 3.56. The average Bonchev–Trinajstić information content (AvgIpc) is 2.45. The highest BCUT2D eigenvalue weighted by Gasteiger charge is 2.32. The lowest BCUT2D eigenvalue weighted by molar-refractivity contribution is -0.274. The van der Waals surface area contributed by atoms with E-state index in [4.69, 9.17) is 0 Å². The van der Waals surface area contributed by atoms with E-state index in [1.807, 2.05) is 0 Å². The molecular formula is C14H17F3N2O4S. The van der Waals surface area contributed by atoms with E-state index in [0.717, 1.165) is 18.4 Å². The molecule has 1 amide bonds. The number of benzene rings is 1. The van der Waals surface area contributed by atoms with Gasteiger partial charge in [0.25, 0.3) is 0 Å². The van der Waals surface area contributed by atoms with Crippen molar-refractivity contribution in [3.63, 3.8) is 0 Å². The Morgan fingerprint density at radius 2 is 2.08 bits per heavy atom. The van der Waals surface area contributed by atoms with Crippen molar-refractivity contribution in [3.05, 3.63) is 24.3 Å². The Kier molecular flexibility index (Phi) is 5.38. The van der Waals surface area contributed by atoms with E-state index in [1.165, 1.54) is 16.4 Å². The molecule has 1 aliphatic heterocycles. The molecule has 1 aromatic rings. The second-order valence-corrected chi connectivity index (χ2v) is 7.51. The van der Waals surface area contributed by atoms with E-state index in [2.05, 4.69) is 10.1 Å². The van der Waals surface area contributed by atoms with Crippen molar-refractivity contribution < 1.29 is 31.1 Å². The molecule has 2 rings (SSSR count).